The Morgan fingerprint density at radius 1 is 1.24 bits per heavy atom. The number of nitrogens with one attached hydrogen (secondary N) is 1. The van der Waals surface area contributed by atoms with Gasteiger partial charge in [-0.25, -0.2) is 9.97 Å². The highest BCUT2D eigenvalue weighted by Gasteiger charge is 2.17. The first-order chi connectivity index (χ1) is 12.1. The molecule has 2 aromatic rings. The van der Waals surface area contributed by atoms with E-state index in [4.69, 9.17) is 16.3 Å². The fraction of sp³-hybridized carbons (Fsp3) is 0.389. The van der Waals surface area contributed by atoms with Gasteiger partial charge >= 0.3 is 0 Å². The molecule has 25 heavy (non-hydrogen) atoms. The molecule has 0 aliphatic carbocycles. The van der Waals surface area contributed by atoms with E-state index in [1.165, 1.54) is 12.7 Å². The molecule has 2 heterocycles. The van der Waals surface area contributed by atoms with Crippen molar-refractivity contribution in [3.63, 3.8) is 0 Å². The van der Waals surface area contributed by atoms with E-state index in [-0.39, 0.29) is 5.91 Å². The number of hydrogen-bond donors (Lipinski definition) is 1. The van der Waals surface area contributed by atoms with E-state index < -0.39 is 6.10 Å². The summed E-state index contributed by atoms with van der Waals surface area (Å²) in [5.74, 6) is 1.59. The van der Waals surface area contributed by atoms with Gasteiger partial charge in [-0.1, -0.05) is 17.7 Å². The zero-order chi connectivity index (χ0) is 17.6. The summed E-state index contributed by atoms with van der Waals surface area (Å²) in [6, 6.07) is 8.76. The van der Waals surface area contributed by atoms with Gasteiger partial charge in [0.15, 0.2) is 6.10 Å². The second-order valence-electron chi connectivity index (χ2n) is 6.02. The first-order valence-corrected chi connectivity index (χ1v) is 8.80. The van der Waals surface area contributed by atoms with Crippen molar-refractivity contribution in [3.8, 4) is 5.75 Å². The molecule has 1 aromatic carbocycles. The Bertz CT molecular complexity index is 735. The zero-order valence-electron chi connectivity index (χ0n) is 14.1. The molecule has 1 fully saturated rings. The number of ether oxygens (including phenoxy) is 1. The smallest absolute Gasteiger partial charge is 0.266 e. The Morgan fingerprint density at radius 2 is 2.04 bits per heavy atom. The molecule has 7 heteroatoms. The first-order valence-electron chi connectivity index (χ1n) is 8.42. The third kappa shape index (κ3) is 4.82. The van der Waals surface area contributed by atoms with Crippen LogP contribution < -0.4 is 15.0 Å². The number of carbonyl (C=O) groups excluding carboxylic acids is 1. The molecule has 6 nitrogen and oxygen atoms in total. The van der Waals surface area contributed by atoms with Crippen LogP contribution in [0.2, 0.25) is 5.02 Å². The van der Waals surface area contributed by atoms with Crippen molar-refractivity contribution in [1.82, 2.24) is 9.97 Å². The monoisotopic (exact) mass is 360 g/mol. The van der Waals surface area contributed by atoms with Gasteiger partial charge in [0, 0.05) is 24.2 Å². The van der Waals surface area contributed by atoms with E-state index >= 15 is 0 Å². The highest BCUT2D eigenvalue weighted by Crippen LogP contribution is 2.20. The summed E-state index contributed by atoms with van der Waals surface area (Å²) in [7, 11) is 0. The number of anilines is 2. The van der Waals surface area contributed by atoms with Crippen LogP contribution in [0.15, 0.2) is 36.7 Å². The fourth-order valence-corrected chi connectivity index (χ4v) is 2.92. The normalized spacial score (nSPS) is 15.5. The molecular weight excluding hydrogens is 340 g/mol. The third-order valence-corrected chi connectivity index (χ3v) is 4.30. The van der Waals surface area contributed by atoms with Crippen LogP contribution in [0, 0.1) is 0 Å². The van der Waals surface area contributed by atoms with Crippen molar-refractivity contribution in [3.05, 3.63) is 41.7 Å². The molecule has 1 atom stereocenters. The summed E-state index contributed by atoms with van der Waals surface area (Å²) in [5, 5.41) is 3.34. The second kappa shape index (κ2) is 8.16. The number of piperidine rings is 1. The molecule has 0 saturated carbocycles. The molecule has 1 aromatic heterocycles. The van der Waals surface area contributed by atoms with Crippen LogP contribution in [0.25, 0.3) is 0 Å². The summed E-state index contributed by atoms with van der Waals surface area (Å²) in [4.78, 5) is 23.0. The molecule has 1 aliphatic heterocycles. The Kier molecular flexibility index (Phi) is 5.71. The fourth-order valence-electron chi connectivity index (χ4n) is 2.74. The van der Waals surface area contributed by atoms with Gasteiger partial charge in [0.25, 0.3) is 5.91 Å². The maximum atomic E-state index is 12.3. The van der Waals surface area contributed by atoms with Gasteiger partial charge < -0.3 is 15.0 Å². The van der Waals surface area contributed by atoms with E-state index in [1.807, 2.05) is 0 Å². The van der Waals surface area contributed by atoms with Crippen LogP contribution in [-0.4, -0.2) is 35.1 Å². The summed E-state index contributed by atoms with van der Waals surface area (Å²) in [6.07, 6.45) is 4.38. The predicted octanol–water partition coefficient (Wildman–Crippen LogP) is 3.53. The summed E-state index contributed by atoms with van der Waals surface area (Å²) >= 11 is 5.93. The second-order valence-corrected chi connectivity index (χ2v) is 6.45. The minimum Gasteiger partial charge on any atom is -0.481 e. The summed E-state index contributed by atoms with van der Waals surface area (Å²) < 4.78 is 5.63. The largest absolute Gasteiger partial charge is 0.481 e. The van der Waals surface area contributed by atoms with E-state index in [0.29, 0.717) is 16.6 Å². The van der Waals surface area contributed by atoms with E-state index in [2.05, 4.69) is 20.2 Å². The third-order valence-electron chi connectivity index (χ3n) is 4.06. The number of aromatic nitrogens is 2. The molecule has 132 valence electrons. The van der Waals surface area contributed by atoms with Crippen molar-refractivity contribution in [2.24, 2.45) is 0 Å². The molecule has 0 spiro atoms. The SMILES string of the molecule is CC(Oc1cccc(Cl)c1)C(=O)Nc1cc(N2CCCCC2)ncn1. The van der Waals surface area contributed by atoms with Gasteiger partial charge in [0.05, 0.1) is 0 Å². The Labute approximate surface area is 152 Å². The molecule has 1 amide bonds. The lowest BCUT2D eigenvalue weighted by molar-refractivity contribution is -0.122. The van der Waals surface area contributed by atoms with Crippen LogP contribution in [-0.2, 0) is 4.79 Å². The molecule has 0 radical (unpaired) electrons. The Morgan fingerprint density at radius 3 is 2.80 bits per heavy atom. The standard InChI is InChI=1S/C18H21ClN4O2/c1-13(25-15-7-5-6-14(19)10-15)18(24)22-16-11-17(21-12-20-16)23-8-3-2-4-9-23/h5-7,10-13H,2-4,8-9H2,1H3,(H,20,21,22,24). The lowest BCUT2D eigenvalue weighted by Gasteiger charge is -2.27. The summed E-state index contributed by atoms with van der Waals surface area (Å²) in [6.45, 7) is 3.65. The molecule has 1 unspecified atom stereocenters. The van der Waals surface area contributed by atoms with E-state index in [0.717, 1.165) is 31.7 Å². The topological polar surface area (TPSA) is 67.3 Å². The average molecular weight is 361 g/mol. The lowest BCUT2D eigenvalue weighted by Crippen LogP contribution is -2.32. The van der Waals surface area contributed by atoms with Crippen molar-refractivity contribution >= 4 is 29.1 Å². The van der Waals surface area contributed by atoms with Gasteiger partial charge in [-0.15, -0.1) is 0 Å². The highest BCUT2D eigenvalue weighted by atomic mass is 35.5. The maximum absolute atomic E-state index is 12.3. The number of rotatable bonds is 5. The van der Waals surface area contributed by atoms with Gasteiger partial charge in [-0.05, 0) is 44.4 Å². The number of amides is 1. The quantitative estimate of drug-likeness (QED) is 0.883. The maximum Gasteiger partial charge on any atom is 0.266 e. The zero-order valence-corrected chi connectivity index (χ0v) is 14.9. The van der Waals surface area contributed by atoms with Crippen molar-refractivity contribution in [1.29, 1.82) is 0 Å². The van der Waals surface area contributed by atoms with Crippen molar-refractivity contribution in [2.75, 3.05) is 23.3 Å². The number of nitrogens with zero attached hydrogens (tertiary/aromatic N) is 3. The average Bonchev–Trinajstić information content (AvgIpc) is 2.62. The predicted molar refractivity (Wildman–Crippen MR) is 98.3 cm³/mol. The van der Waals surface area contributed by atoms with Crippen LogP contribution in [0.3, 0.4) is 0 Å². The van der Waals surface area contributed by atoms with Crippen LogP contribution in [0.5, 0.6) is 5.75 Å². The van der Waals surface area contributed by atoms with Crippen LogP contribution in [0.4, 0.5) is 11.6 Å². The van der Waals surface area contributed by atoms with E-state index in [9.17, 15) is 4.79 Å². The van der Waals surface area contributed by atoms with Crippen molar-refractivity contribution < 1.29 is 9.53 Å². The molecule has 1 aliphatic rings. The number of benzene rings is 1. The number of halogens is 1. The molecule has 0 bridgehead atoms. The minimum absolute atomic E-state index is 0.275. The summed E-state index contributed by atoms with van der Waals surface area (Å²) in [5.41, 5.74) is 0. The molecule has 3 rings (SSSR count). The molecule has 1 N–H and O–H groups in total. The highest BCUT2D eigenvalue weighted by molar-refractivity contribution is 6.30. The van der Waals surface area contributed by atoms with E-state index in [1.54, 1.807) is 37.3 Å². The van der Waals surface area contributed by atoms with Crippen LogP contribution in [0.1, 0.15) is 26.2 Å². The van der Waals surface area contributed by atoms with Gasteiger partial charge in [-0.3, -0.25) is 4.79 Å². The van der Waals surface area contributed by atoms with Gasteiger partial charge in [0.2, 0.25) is 0 Å². The van der Waals surface area contributed by atoms with Crippen LogP contribution >= 0.6 is 11.6 Å². The molecule has 1 saturated heterocycles. The Balaban J connectivity index is 1.62. The lowest BCUT2D eigenvalue weighted by atomic mass is 10.1. The number of carbonyl (C=O) groups is 1. The van der Waals surface area contributed by atoms with Gasteiger partial charge in [-0.2, -0.15) is 0 Å². The Hall–Kier alpha value is -2.34. The minimum atomic E-state index is -0.674. The number of hydrogen-bond acceptors (Lipinski definition) is 5. The van der Waals surface area contributed by atoms with Gasteiger partial charge in [0.1, 0.15) is 23.7 Å². The van der Waals surface area contributed by atoms with Crippen molar-refractivity contribution in [2.45, 2.75) is 32.3 Å². The first kappa shape index (κ1) is 17.5. The molecular formula is C18H21ClN4O2.